The maximum absolute atomic E-state index is 6.84. The molecule has 1 fully saturated rings. The van der Waals surface area contributed by atoms with Crippen LogP contribution in [0, 0.1) is 0 Å². The van der Waals surface area contributed by atoms with Crippen molar-refractivity contribution >= 4 is 11.6 Å². The van der Waals surface area contributed by atoms with Gasteiger partial charge in [0, 0.05) is 18.5 Å². The summed E-state index contributed by atoms with van der Waals surface area (Å²) in [6.45, 7) is 6.23. The number of ether oxygens (including phenoxy) is 3. The number of rotatable bonds is 14. The molecule has 4 aromatic carbocycles. The molecule has 1 heterocycles. The van der Waals surface area contributed by atoms with Crippen LogP contribution in [0.1, 0.15) is 28.7 Å². The highest BCUT2D eigenvalue weighted by molar-refractivity contribution is 6.18. The molecule has 1 aliphatic heterocycles. The molecule has 218 valence electrons. The molecule has 0 radical (unpaired) electrons. The molecule has 1 aliphatic rings. The summed E-state index contributed by atoms with van der Waals surface area (Å²) in [5.41, 5.74) is 4.55. The molecular formula is C37H40ClNO3. The number of hydrogen-bond acceptors (Lipinski definition) is 4. The van der Waals surface area contributed by atoms with Crippen LogP contribution in [0.4, 0.5) is 0 Å². The van der Waals surface area contributed by atoms with E-state index in [9.17, 15) is 0 Å². The third-order valence-electron chi connectivity index (χ3n) is 7.89. The van der Waals surface area contributed by atoms with Crippen LogP contribution in [0.25, 0.3) is 0 Å². The number of alkyl halides is 1. The van der Waals surface area contributed by atoms with Gasteiger partial charge in [0.15, 0.2) is 0 Å². The van der Waals surface area contributed by atoms with Gasteiger partial charge in [-0.3, -0.25) is 4.90 Å². The van der Waals surface area contributed by atoms with Crippen molar-refractivity contribution in [1.29, 1.82) is 0 Å². The largest absolute Gasteiger partial charge is 0.369 e. The maximum Gasteiger partial charge on any atom is 0.113 e. The van der Waals surface area contributed by atoms with Gasteiger partial charge in [-0.05, 0) is 28.7 Å². The third kappa shape index (κ3) is 7.97. The fourth-order valence-corrected chi connectivity index (χ4v) is 6.15. The zero-order chi connectivity index (χ0) is 29.0. The Bertz CT molecular complexity index is 1320. The Labute approximate surface area is 255 Å². The summed E-state index contributed by atoms with van der Waals surface area (Å²) >= 11 is 6.84. The maximum atomic E-state index is 6.84. The van der Waals surface area contributed by atoms with Crippen LogP contribution in [0.3, 0.4) is 0 Å². The molecule has 0 spiro atoms. The second-order valence-corrected chi connectivity index (χ2v) is 11.1. The van der Waals surface area contributed by atoms with Crippen molar-refractivity contribution in [3.05, 3.63) is 156 Å². The molecule has 0 unspecified atom stereocenters. The number of benzene rings is 4. The first kappa shape index (κ1) is 30.2. The third-order valence-corrected chi connectivity index (χ3v) is 8.20. The Kier molecular flexibility index (Phi) is 11.4. The minimum atomic E-state index is -0.349. The van der Waals surface area contributed by atoms with Gasteiger partial charge < -0.3 is 14.2 Å². The van der Waals surface area contributed by atoms with Gasteiger partial charge in [0.2, 0.25) is 0 Å². The highest BCUT2D eigenvalue weighted by Crippen LogP contribution is 2.36. The molecule has 5 heteroatoms. The lowest BCUT2D eigenvalue weighted by Crippen LogP contribution is -2.68. The van der Waals surface area contributed by atoms with Crippen molar-refractivity contribution in [2.24, 2.45) is 0 Å². The summed E-state index contributed by atoms with van der Waals surface area (Å²) in [6, 6.07) is 41.3. The minimum Gasteiger partial charge on any atom is -0.369 e. The zero-order valence-corrected chi connectivity index (χ0v) is 24.8. The first-order valence-electron chi connectivity index (χ1n) is 14.7. The number of piperidine rings is 1. The fourth-order valence-electron chi connectivity index (χ4n) is 5.80. The van der Waals surface area contributed by atoms with Gasteiger partial charge in [-0.25, -0.2) is 0 Å². The molecule has 0 amide bonds. The van der Waals surface area contributed by atoms with E-state index in [0.29, 0.717) is 25.7 Å². The second kappa shape index (κ2) is 15.8. The number of nitrogens with zero attached hydrogens (tertiary/aromatic N) is 1. The summed E-state index contributed by atoms with van der Waals surface area (Å²) in [6.07, 6.45) is 1.76. The van der Waals surface area contributed by atoms with Gasteiger partial charge in [-0.2, -0.15) is 0 Å². The molecule has 4 nitrogen and oxygen atoms in total. The van der Waals surface area contributed by atoms with Crippen molar-refractivity contribution in [2.45, 2.75) is 63.2 Å². The molecular weight excluding hydrogens is 542 g/mol. The number of likely N-dealkylation sites (tertiary alicyclic amines) is 1. The highest BCUT2D eigenvalue weighted by Gasteiger charge is 2.50. The summed E-state index contributed by atoms with van der Waals surface area (Å²) < 4.78 is 20.4. The normalized spacial score (nSPS) is 22.5. The second-order valence-electron chi connectivity index (χ2n) is 10.8. The van der Waals surface area contributed by atoms with Crippen molar-refractivity contribution in [3.63, 3.8) is 0 Å². The Morgan fingerprint density at radius 2 is 0.929 bits per heavy atom. The van der Waals surface area contributed by atoms with Crippen molar-refractivity contribution in [2.75, 3.05) is 5.88 Å². The molecule has 4 aromatic rings. The van der Waals surface area contributed by atoms with Gasteiger partial charge in [0.05, 0.1) is 25.9 Å². The van der Waals surface area contributed by atoms with Crippen molar-refractivity contribution in [3.8, 4) is 0 Å². The SMILES string of the molecule is C=CC[C@H]1[C@H](OCc2ccccc2)[C@@H](OCc2ccccc2)[C@H](OCc2ccccc2)[C@H](CCl)N1Cc1ccccc1. The van der Waals surface area contributed by atoms with E-state index in [1.165, 1.54) is 5.56 Å². The van der Waals surface area contributed by atoms with Crippen molar-refractivity contribution in [1.82, 2.24) is 4.90 Å². The van der Waals surface area contributed by atoms with E-state index in [-0.39, 0.29) is 30.4 Å². The first-order valence-corrected chi connectivity index (χ1v) is 15.2. The molecule has 1 saturated heterocycles. The standard InChI is InChI=1S/C37H40ClNO3/c1-2-15-33-35(40-26-30-18-9-4-10-19-30)37(42-28-32-22-13-6-14-23-32)36(41-27-31-20-11-5-12-21-31)34(24-38)39(33)25-29-16-7-3-8-17-29/h2-14,16-23,33-37H,1,15,24-28H2/t33-,34-,35-,36+,37+/m0/s1. The molecule has 42 heavy (non-hydrogen) atoms. The summed E-state index contributed by atoms with van der Waals surface area (Å²) in [7, 11) is 0. The quantitative estimate of drug-likeness (QED) is 0.112. The Morgan fingerprint density at radius 3 is 1.33 bits per heavy atom. The summed E-state index contributed by atoms with van der Waals surface area (Å²) in [5, 5.41) is 0. The van der Waals surface area contributed by atoms with Crippen LogP contribution in [0.15, 0.2) is 134 Å². The molecule has 5 rings (SSSR count). The van der Waals surface area contributed by atoms with E-state index >= 15 is 0 Å². The lowest BCUT2D eigenvalue weighted by Gasteiger charge is -2.52. The van der Waals surface area contributed by atoms with Crippen LogP contribution in [0.2, 0.25) is 0 Å². The van der Waals surface area contributed by atoms with Crippen LogP contribution in [0.5, 0.6) is 0 Å². The first-order chi connectivity index (χ1) is 20.8. The van der Waals surface area contributed by atoms with Gasteiger partial charge >= 0.3 is 0 Å². The molecule has 0 bridgehead atoms. The van der Waals surface area contributed by atoms with Gasteiger partial charge in [0.1, 0.15) is 18.3 Å². The van der Waals surface area contributed by atoms with Crippen LogP contribution < -0.4 is 0 Å². The van der Waals surface area contributed by atoms with E-state index in [1.54, 1.807) is 0 Å². The predicted octanol–water partition coefficient (Wildman–Crippen LogP) is 7.81. The van der Waals surface area contributed by atoms with E-state index < -0.39 is 0 Å². The zero-order valence-electron chi connectivity index (χ0n) is 24.0. The van der Waals surface area contributed by atoms with Gasteiger partial charge in [-0.1, -0.05) is 127 Å². The fraction of sp³-hybridized carbons (Fsp3) is 0.297. The van der Waals surface area contributed by atoms with Crippen LogP contribution >= 0.6 is 11.6 Å². The molecule has 0 aromatic heterocycles. The average Bonchev–Trinajstić information content (AvgIpc) is 3.05. The van der Waals surface area contributed by atoms with E-state index in [1.807, 2.05) is 66.7 Å². The summed E-state index contributed by atoms with van der Waals surface area (Å²) in [4.78, 5) is 2.46. The Balaban J connectivity index is 1.51. The minimum absolute atomic E-state index is 0.00693. The summed E-state index contributed by atoms with van der Waals surface area (Å²) in [5.74, 6) is 0.399. The van der Waals surface area contributed by atoms with Gasteiger partial charge in [0.25, 0.3) is 0 Å². The Hall–Kier alpha value is -3.25. The Morgan fingerprint density at radius 1 is 0.548 bits per heavy atom. The number of halogens is 1. The lowest BCUT2D eigenvalue weighted by molar-refractivity contribution is -0.220. The molecule has 0 N–H and O–H groups in total. The van der Waals surface area contributed by atoms with E-state index in [2.05, 4.69) is 72.1 Å². The van der Waals surface area contributed by atoms with E-state index in [0.717, 1.165) is 29.7 Å². The highest BCUT2D eigenvalue weighted by atomic mass is 35.5. The average molecular weight is 582 g/mol. The monoisotopic (exact) mass is 581 g/mol. The van der Waals surface area contributed by atoms with Crippen molar-refractivity contribution < 1.29 is 14.2 Å². The van der Waals surface area contributed by atoms with Crippen LogP contribution in [-0.4, -0.2) is 41.2 Å². The molecule has 0 aliphatic carbocycles. The topological polar surface area (TPSA) is 30.9 Å². The van der Waals surface area contributed by atoms with E-state index in [4.69, 9.17) is 25.8 Å². The van der Waals surface area contributed by atoms with Crippen LogP contribution in [-0.2, 0) is 40.6 Å². The smallest absolute Gasteiger partial charge is 0.113 e. The van der Waals surface area contributed by atoms with Gasteiger partial charge in [-0.15, -0.1) is 18.2 Å². The molecule has 0 saturated carbocycles. The predicted molar refractivity (Wildman–Crippen MR) is 170 cm³/mol. The number of hydrogen-bond donors (Lipinski definition) is 0. The molecule has 5 atom stereocenters. The lowest BCUT2D eigenvalue weighted by atomic mass is 9.85.